The van der Waals surface area contributed by atoms with Crippen LogP contribution in [0.5, 0.6) is 0 Å². The van der Waals surface area contributed by atoms with E-state index in [9.17, 15) is 4.79 Å². The van der Waals surface area contributed by atoms with Crippen molar-refractivity contribution in [3.8, 4) is 0 Å². The highest BCUT2D eigenvalue weighted by molar-refractivity contribution is 5.75. The van der Waals surface area contributed by atoms with E-state index in [0.717, 1.165) is 19.4 Å². The summed E-state index contributed by atoms with van der Waals surface area (Å²) in [4.78, 5) is 10.7. The molecular formula is C15H33NO. The summed E-state index contributed by atoms with van der Waals surface area (Å²) < 4.78 is 0. The average molecular weight is 243 g/mol. The third-order valence-electron chi connectivity index (χ3n) is 2.51. The standard InChI is InChI=1S/C13H27NO.C2H6/c1-12(2)14-11-9-7-5-4-6-8-10-13(3)15;1-2/h12,14H,4-11H2,1-3H3;1-2H3. The van der Waals surface area contributed by atoms with Crippen LogP contribution in [0.3, 0.4) is 0 Å². The second kappa shape index (κ2) is 15.6. The molecule has 2 heteroatoms. The molecule has 0 spiro atoms. The molecule has 0 aliphatic carbocycles. The van der Waals surface area contributed by atoms with Crippen LogP contribution < -0.4 is 5.32 Å². The number of hydrogen-bond donors (Lipinski definition) is 1. The van der Waals surface area contributed by atoms with E-state index in [4.69, 9.17) is 0 Å². The van der Waals surface area contributed by atoms with Crippen LogP contribution in [0.4, 0.5) is 0 Å². The number of nitrogens with one attached hydrogen (secondary N) is 1. The van der Waals surface area contributed by atoms with Gasteiger partial charge >= 0.3 is 0 Å². The van der Waals surface area contributed by atoms with Crippen molar-refractivity contribution < 1.29 is 4.79 Å². The van der Waals surface area contributed by atoms with Crippen molar-refractivity contribution in [1.82, 2.24) is 5.32 Å². The smallest absolute Gasteiger partial charge is 0.129 e. The highest BCUT2D eigenvalue weighted by Crippen LogP contribution is 2.07. The first-order chi connectivity index (χ1) is 8.13. The molecule has 0 amide bonds. The molecule has 0 fully saturated rings. The molecule has 0 saturated carbocycles. The van der Waals surface area contributed by atoms with Crippen molar-refractivity contribution in [1.29, 1.82) is 0 Å². The number of Topliss-reactive ketones (excluding diaryl/α,β-unsaturated/α-hetero) is 1. The van der Waals surface area contributed by atoms with E-state index >= 15 is 0 Å². The largest absolute Gasteiger partial charge is 0.315 e. The van der Waals surface area contributed by atoms with Crippen molar-refractivity contribution in [2.75, 3.05) is 6.54 Å². The number of rotatable bonds is 10. The highest BCUT2D eigenvalue weighted by atomic mass is 16.1. The summed E-state index contributed by atoms with van der Waals surface area (Å²) in [5, 5.41) is 3.42. The van der Waals surface area contributed by atoms with Crippen LogP contribution >= 0.6 is 0 Å². The molecule has 0 unspecified atom stereocenters. The summed E-state index contributed by atoms with van der Waals surface area (Å²) in [5.74, 6) is 0.330. The minimum Gasteiger partial charge on any atom is -0.315 e. The fourth-order valence-electron chi connectivity index (χ4n) is 1.60. The van der Waals surface area contributed by atoms with E-state index in [1.54, 1.807) is 6.92 Å². The molecule has 104 valence electrons. The molecule has 0 aromatic carbocycles. The first-order valence-electron chi connectivity index (χ1n) is 7.35. The van der Waals surface area contributed by atoms with Gasteiger partial charge in [-0.1, -0.05) is 53.4 Å². The Morgan fingerprint density at radius 3 is 1.88 bits per heavy atom. The Labute approximate surface area is 109 Å². The molecule has 0 rings (SSSR count). The third-order valence-corrected chi connectivity index (χ3v) is 2.51. The lowest BCUT2D eigenvalue weighted by atomic mass is 10.1. The molecule has 0 aromatic heterocycles. The van der Waals surface area contributed by atoms with Gasteiger partial charge in [-0.2, -0.15) is 0 Å². The van der Waals surface area contributed by atoms with Crippen molar-refractivity contribution in [2.45, 2.75) is 85.6 Å². The average Bonchev–Trinajstić information content (AvgIpc) is 2.29. The van der Waals surface area contributed by atoms with Gasteiger partial charge in [0.1, 0.15) is 5.78 Å². The molecule has 2 nitrogen and oxygen atoms in total. The van der Waals surface area contributed by atoms with Gasteiger partial charge in [0.2, 0.25) is 0 Å². The van der Waals surface area contributed by atoms with Gasteiger partial charge in [-0.25, -0.2) is 0 Å². The van der Waals surface area contributed by atoms with Gasteiger partial charge in [0.25, 0.3) is 0 Å². The topological polar surface area (TPSA) is 29.1 Å². The predicted molar refractivity (Wildman–Crippen MR) is 77.5 cm³/mol. The molecule has 0 bridgehead atoms. The van der Waals surface area contributed by atoms with Crippen LogP contribution in [0, 0.1) is 0 Å². The zero-order valence-electron chi connectivity index (χ0n) is 12.6. The first-order valence-corrected chi connectivity index (χ1v) is 7.35. The molecule has 0 aliphatic heterocycles. The Bertz CT molecular complexity index is 155. The molecule has 0 heterocycles. The minimum absolute atomic E-state index is 0.330. The number of carbonyl (C=O) groups excluding carboxylic acids is 1. The van der Waals surface area contributed by atoms with E-state index in [1.165, 1.54) is 32.1 Å². The summed E-state index contributed by atoms with van der Waals surface area (Å²) in [6.45, 7) is 11.2. The summed E-state index contributed by atoms with van der Waals surface area (Å²) in [7, 11) is 0. The maximum atomic E-state index is 10.7. The van der Waals surface area contributed by atoms with Gasteiger partial charge in [-0.05, 0) is 26.3 Å². The molecule has 0 saturated heterocycles. The first kappa shape index (κ1) is 19.0. The Kier molecular flexibility index (Phi) is 17.5. The summed E-state index contributed by atoms with van der Waals surface area (Å²) in [6.07, 6.45) is 8.28. The van der Waals surface area contributed by atoms with Crippen molar-refractivity contribution in [3.63, 3.8) is 0 Å². The Hall–Kier alpha value is -0.370. The Morgan fingerprint density at radius 2 is 1.41 bits per heavy atom. The number of unbranched alkanes of at least 4 members (excludes halogenated alkanes) is 5. The van der Waals surface area contributed by atoms with Crippen LogP contribution in [0.15, 0.2) is 0 Å². The number of hydrogen-bond acceptors (Lipinski definition) is 2. The van der Waals surface area contributed by atoms with Crippen molar-refractivity contribution >= 4 is 5.78 Å². The molecule has 0 aromatic rings. The van der Waals surface area contributed by atoms with Crippen molar-refractivity contribution in [2.24, 2.45) is 0 Å². The van der Waals surface area contributed by atoms with Crippen LogP contribution in [0.1, 0.15) is 79.6 Å². The fourth-order valence-corrected chi connectivity index (χ4v) is 1.60. The highest BCUT2D eigenvalue weighted by Gasteiger charge is 1.95. The lowest BCUT2D eigenvalue weighted by molar-refractivity contribution is -0.117. The lowest BCUT2D eigenvalue weighted by Gasteiger charge is -2.07. The van der Waals surface area contributed by atoms with Gasteiger partial charge in [0.05, 0.1) is 0 Å². The van der Waals surface area contributed by atoms with Crippen LogP contribution in [0.2, 0.25) is 0 Å². The van der Waals surface area contributed by atoms with E-state index in [-0.39, 0.29) is 0 Å². The van der Waals surface area contributed by atoms with E-state index in [1.807, 2.05) is 13.8 Å². The van der Waals surface area contributed by atoms with Crippen LogP contribution in [-0.4, -0.2) is 18.4 Å². The zero-order valence-corrected chi connectivity index (χ0v) is 12.6. The fraction of sp³-hybridized carbons (Fsp3) is 0.933. The maximum Gasteiger partial charge on any atom is 0.129 e. The van der Waals surface area contributed by atoms with E-state index in [0.29, 0.717) is 11.8 Å². The van der Waals surface area contributed by atoms with Gasteiger partial charge in [0, 0.05) is 12.5 Å². The summed E-state index contributed by atoms with van der Waals surface area (Å²) in [6, 6.07) is 0.612. The number of carbonyl (C=O) groups is 1. The zero-order chi connectivity index (χ0) is 13.5. The maximum absolute atomic E-state index is 10.7. The van der Waals surface area contributed by atoms with Gasteiger partial charge in [-0.15, -0.1) is 0 Å². The van der Waals surface area contributed by atoms with E-state index in [2.05, 4.69) is 19.2 Å². The number of ketones is 1. The summed E-state index contributed by atoms with van der Waals surface area (Å²) >= 11 is 0. The normalized spacial score (nSPS) is 10.0. The lowest BCUT2D eigenvalue weighted by Crippen LogP contribution is -2.23. The molecule has 1 N–H and O–H groups in total. The Morgan fingerprint density at radius 1 is 0.941 bits per heavy atom. The van der Waals surface area contributed by atoms with E-state index < -0.39 is 0 Å². The monoisotopic (exact) mass is 243 g/mol. The third kappa shape index (κ3) is 21.5. The molecule has 0 aliphatic rings. The predicted octanol–water partition coefficient (Wildman–Crippen LogP) is 4.33. The molecule has 17 heavy (non-hydrogen) atoms. The second-order valence-corrected chi connectivity index (χ2v) is 4.68. The quantitative estimate of drug-likeness (QED) is 0.579. The van der Waals surface area contributed by atoms with Crippen LogP contribution in [-0.2, 0) is 4.79 Å². The van der Waals surface area contributed by atoms with Gasteiger partial charge < -0.3 is 10.1 Å². The second-order valence-electron chi connectivity index (χ2n) is 4.68. The van der Waals surface area contributed by atoms with Crippen LogP contribution in [0.25, 0.3) is 0 Å². The minimum atomic E-state index is 0.330. The molecular weight excluding hydrogens is 210 g/mol. The SMILES string of the molecule is CC.CC(=O)CCCCCCCCNC(C)C. The Balaban J connectivity index is 0. The van der Waals surface area contributed by atoms with Gasteiger partial charge in [0.15, 0.2) is 0 Å². The molecule has 0 atom stereocenters. The summed E-state index contributed by atoms with van der Waals surface area (Å²) in [5.41, 5.74) is 0. The van der Waals surface area contributed by atoms with Gasteiger partial charge in [-0.3, -0.25) is 0 Å². The molecule has 0 radical (unpaired) electrons. The van der Waals surface area contributed by atoms with Crippen molar-refractivity contribution in [3.05, 3.63) is 0 Å².